The van der Waals surface area contributed by atoms with Crippen molar-refractivity contribution in [2.24, 2.45) is 0 Å². The zero-order chi connectivity index (χ0) is 13.0. The van der Waals surface area contributed by atoms with Crippen LogP contribution in [0, 0.1) is 13.8 Å². The van der Waals surface area contributed by atoms with E-state index in [4.69, 9.17) is 4.74 Å². The number of methoxy groups -OCH3 is 1. The van der Waals surface area contributed by atoms with Crippen molar-refractivity contribution in [3.8, 4) is 5.75 Å². The lowest BCUT2D eigenvalue weighted by atomic mass is 10.0. The molecule has 94 valence electrons. The molecule has 0 radical (unpaired) electrons. The van der Waals surface area contributed by atoms with Crippen LogP contribution in [0.1, 0.15) is 23.6 Å². The van der Waals surface area contributed by atoms with Crippen LogP contribution in [0.5, 0.6) is 5.75 Å². The highest BCUT2D eigenvalue weighted by Gasteiger charge is 2.09. The molecule has 3 heteroatoms. The predicted octanol–water partition coefficient (Wildman–Crippen LogP) is 2.33. The van der Waals surface area contributed by atoms with Gasteiger partial charge in [-0.15, -0.1) is 0 Å². The summed E-state index contributed by atoms with van der Waals surface area (Å²) in [6.45, 7) is 6.44. The summed E-state index contributed by atoms with van der Waals surface area (Å²) in [6.07, 6.45) is 0.825. The van der Waals surface area contributed by atoms with Gasteiger partial charge in [0, 0.05) is 20.5 Å². The van der Waals surface area contributed by atoms with Crippen LogP contribution in [0.15, 0.2) is 12.1 Å². The highest BCUT2D eigenvalue weighted by atomic mass is 16.5. The minimum Gasteiger partial charge on any atom is -0.496 e. The fraction of sp³-hybridized carbons (Fsp3) is 0.500. The summed E-state index contributed by atoms with van der Waals surface area (Å²) in [4.78, 5) is 12.9. The first-order chi connectivity index (χ1) is 7.95. The monoisotopic (exact) mass is 235 g/mol. The molecule has 1 amide bonds. The molecule has 0 spiro atoms. The van der Waals surface area contributed by atoms with Crippen molar-refractivity contribution in [3.63, 3.8) is 0 Å². The summed E-state index contributed by atoms with van der Waals surface area (Å²) in [5.74, 6) is 1.01. The third-order valence-electron chi connectivity index (χ3n) is 3.03. The van der Waals surface area contributed by atoms with Gasteiger partial charge in [0.2, 0.25) is 5.91 Å². The smallest absolute Gasteiger partial charge is 0.219 e. The molecule has 0 atom stereocenters. The normalized spacial score (nSPS) is 10.2. The molecule has 17 heavy (non-hydrogen) atoms. The van der Waals surface area contributed by atoms with Crippen molar-refractivity contribution >= 4 is 5.91 Å². The molecular formula is C14H21NO2. The van der Waals surface area contributed by atoms with Crippen molar-refractivity contribution in [2.75, 3.05) is 20.7 Å². The quantitative estimate of drug-likeness (QED) is 0.801. The average molecular weight is 235 g/mol. The molecule has 0 fully saturated rings. The molecular weight excluding hydrogens is 214 g/mol. The van der Waals surface area contributed by atoms with Crippen molar-refractivity contribution in [1.82, 2.24) is 4.90 Å². The highest BCUT2D eigenvalue weighted by molar-refractivity contribution is 5.72. The SMILES string of the molecule is COc1cc(C)cc(C)c1CCN(C)C(C)=O. The molecule has 0 saturated heterocycles. The Morgan fingerprint density at radius 2 is 2.00 bits per heavy atom. The number of carbonyl (C=O) groups is 1. The first-order valence-electron chi connectivity index (χ1n) is 5.81. The zero-order valence-electron chi connectivity index (χ0n) is 11.3. The minimum atomic E-state index is 0.0914. The van der Waals surface area contributed by atoms with Gasteiger partial charge in [-0.2, -0.15) is 0 Å². The molecule has 1 aromatic carbocycles. The molecule has 1 aromatic rings. The van der Waals surface area contributed by atoms with E-state index in [2.05, 4.69) is 19.9 Å². The van der Waals surface area contributed by atoms with E-state index in [0.29, 0.717) is 0 Å². The number of amides is 1. The summed E-state index contributed by atoms with van der Waals surface area (Å²) in [7, 11) is 3.50. The minimum absolute atomic E-state index is 0.0914. The molecule has 0 unspecified atom stereocenters. The number of likely N-dealkylation sites (N-methyl/N-ethyl adjacent to an activating group) is 1. The van der Waals surface area contributed by atoms with E-state index in [1.54, 1.807) is 18.9 Å². The summed E-state index contributed by atoms with van der Waals surface area (Å²) in [5.41, 5.74) is 3.60. The Balaban J connectivity index is 2.86. The number of carbonyl (C=O) groups excluding carboxylic acids is 1. The van der Waals surface area contributed by atoms with Gasteiger partial charge >= 0.3 is 0 Å². The van der Waals surface area contributed by atoms with E-state index in [1.165, 1.54) is 16.7 Å². The lowest BCUT2D eigenvalue weighted by Gasteiger charge is -2.17. The Labute approximate surface area is 103 Å². The van der Waals surface area contributed by atoms with Crippen molar-refractivity contribution in [2.45, 2.75) is 27.2 Å². The van der Waals surface area contributed by atoms with Crippen LogP contribution in [-0.2, 0) is 11.2 Å². The van der Waals surface area contributed by atoms with Crippen molar-refractivity contribution < 1.29 is 9.53 Å². The van der Waals surface area contributed by atoms with E-state index < -0.39 is 0 Å². The Morgan fingerprint density at radius 1 is 1.35 bits per heavy atom. The number of hydrogen-bond donors (Lipinski definition) is 0. The molecule has 0 aliphatic heterocycles. The molecule has 0 bridgehead atoms. The fourth-order valence-electron chi connectivity index (χ4n) is 1.90. The first-order valence-corrected chi connectivity index (χ1v) is 5.81. The molecule has 0 heterocycles. The largest absolute Gasteiger partial charge is 0.496 e. The van der Waals surface area contributed by atoms with Gasteiger partial charge in [0.25, 0.3) is 0 Å². The van der Waals surface area contributed by atoms with Crippen LogP contribution < -0.4 is 4.74 Å². The standard InChI is InChI=1S/C14H21NO2/c1-10-8-11(2)13(14(9-10)17-5)6-7-15(4)12(3)16/h8-9H,6-7H2,1-5H3. The molecule has 0 aromatic heterocycles. The lowest BCUT2D eigenvalue weighted by Crippen LogP contribution is -2.26. The van der Waals surface area contributed by atoms with Crippen LogP contribution >= 0.6 is 0 Å². The number of rotatable bonds is 4. The number of nitrogens with zero attached hydrogens (tertiary/aromatic N) is 1. The van der Waals surface area contributed by atoms with Crippen LogP contribution in [-0.4, -0.2) is 31.5 Å². The second kappa shape index (κ2) is 5.71. The molecule has 0 aliphatic rings. The van der Waals surface area contributed by atoms with Crippen molar-refractivity contribution in [3.05, 3.63) is 28.8 Å². The van der Waals surface area contributed by atoms with E-state index in [-0.39, 0.29) is 5.91 Å². The van der Waals surface area contributed by atoms with Gasteiger partial charge in [0.05, 0.1) is 7.11 Å². The van der Waals surface area contributed by atoms with Gasteiger partial charge in [-0.3, -0.25) is 4.79 Å². The molecule has 1 rings (SSSR count). The van der Waals surface area contributed by atoms with Gasteiger partial charge < -0.3 is 9.64 Å². The second-order valence-corrected chi connectivity index (χ2v) is 4.45. The third-order valence-corrected chi connectivity index (χ3v) is 3.03. The first kappa shape index (κ1) is 13.6. The van der Waals surface area contributed by atoms with Crippen LogP contribution in [0.4, 0.5) is 0 Å². The highest BCUT2D eigenvalue weighted by Crippen LogP contribution is 2.24. The van der Waals surface area contributed by atoms with E-state index >= 15 is 0 Å². The molecule has 0 saturated carbocycles. The fourth-order valence-corrected chi connectivity index (χ4v) is 1.90. The Bertz CT molecular complexity index is 413. The van der Waals surface area contributed by atoms with Gasteiger partial charge in [0.1, 0.15) is 5.75 Å². The molecule has 3 nitrogen and oxygen atoms in total. The average Bonchev–Trinajstić information content (AvgIpc) is 2.26. The summed E-state index contributed by atoms with van der Waals surface area (Å²) in [6, 6.07) is 4.18. The number of aryl methyl sites for hydroxylation is 2. The van der Waals surface area contributed by atoms with Crippen LogP contribution in [0.3, 0.4) is 0 Å². The Kier molecular flexibility index (Phi) is 4.55. The maximum Gasteiger partial charge on any atom is 0.219 e. The topological polar surface area (TPSA) is 29.5 Å². The van der Waals surface area contributed by atoms with Gasteiger partial charge in [-0.05, 0) is 43.0 Å². The number of ether oxygens (including phenoxy) is 1. The van der Waals surface area contributed by atoms with Gasteiger partial charge in [-0.1, -0.05) is 6.07 Å². The lowest BCUT2D eigenvalue weighted by molar-refractivity contribution is -0.127. The maximum atomic E-state index is 11.2. The maximum absolute atomic E-state index is 11.2. The Morgan fingerprint density at radius 3 is 2.53 bits per heavy atom. The second-order valence-electron chi connectivity index (χ2n) is 4.45. The molecule has 0 aliphatic carbocycles. The summed E-state index contributed by atoms with van der Waals surface area (Å²) >= 11 is 0. The van der Waals surface area contributed by atoms with Gasteiger partial charge in [0.15, 0.2) is 0 Å². The van der Waals surface area contributed by atoms with Crippen molar-refractivity contribution in [1.29, 1.82) is 0 Å². The number of hydrogen-bond acceptors (Lipinski definition) is 2. The van der Waals surface area contributed by atoms with E-state index in [9.17, 15) is 4.79 Å². The Hall–Kier alpha value is -1.51. The summed E-state index contributed by atoms with van der Waals surface area (Å²) in [5, 5.41) is 0. The van der Waals surface area contributed by atoms with E-state index in [1.807, 2.05) is 13.1 Å². The predicted molar refractivity (Wildman–Crippen MR) is 69.5 cm³/mol. The van der Waals surface area contributed by atoms with E-state index in [0.717, 1.165) is 18.7 Å². The number of benzene rings is 1. The summed E-state index contributed by atoms with van der Waals surface area (Å²) < 4.78 is 5.40. The van der Waals surface area contributed by atoms with Crippen LogP contribution in [0.25, 0.3) is 0 Å². The molecule has 0 N–H and O–H groups in total. The third kappa shape index (κ3) is 3.48. The van der Waals surface area contributed by atoms with Gasteiger partial charge in [-0.25, -0.2) is 0 Å². The van der Waals surface area contributed by atoms with Crippen LogP contribution in [0.2, 0.25) is 0 Å². The zero-order valence-corrected chi connectivity index (χ0v) is 11.3.